The van der Waals surface area contributed by atoms with Gasteiger partial charge in [0, 0.05) is 19.3 Å². The van der Waals surface area contributed by atoms with E-state index in [2.05, 4.69) is 154 Å². The minimum Gasteiger partial charge on any atom is -0.463 e. The van der Waals surface area contributed by atoms with Gasteiger partial charge in [0.05, 0.1) is 26.4 Å². The van der Waals surface area contributed by atoms with Gasteiger partial charge in [0.2, 0.25) is 0 Å². The van der Waals surface area contributed by atoms with Crippen LogP contribution in [0.5, 0.6) is 0 Å². The Bertz CT molecular complexity index is 2230. The molecule has 532 valence electrons. The lowest BCUT2D eigenvalue weighted by Crippen LogP contribution is -2.30. The lowest BCUT2D eigenvalue weighted by atomic mass is 10.1. The minimum absolute atomic E-state index is 0.0878. The first-order valence-corrected chi connectivity index (χ1v) is 38.5. The molecule has 18 heteroatoms. The minimum atomic E-state index is -4.93. The first kappa shape index (κ1) is 88.7. The number of ether oxygens (including phenoxy) is 3. The average Bonchev–Trinajstić information content (AvgIpc) is 2.94. The third-order valence-corrected chi connectivity index (χ3v) is 16.2. The van der Waals surface area contributed by atoms with Gasteiger partial charge in [0.25, 0.3) is 0 Å². The first-order chi connectivity index (χ1) is 45.2. The summed E-state index contributed by atoms with van der Waals surface area (Å²) >= 11 is 0. The van der Waals surface area contributed by atoms with E-state index in [9.17, 15) is 43.5 Å². The first-order valence-electron chi connectivity index (χ1n) is 35.5. The van der Waals surface area contributed by atoms with Crippen molar-refractivity contribution >= 4 is 33.6 Å². The number of hydrogen-bond donors (Lipinski definition) is 4. The molecule has 0 heterocycles. The Balaban J connectivity index is 4.52. The van der Waals surface area contributed by atoms with Crippen LogP contribution in [-0.4, -0.2) is 95.9 Å². The molecular formula is C75H126O16P2. The fourth-order valence-electron chi connectivity index (χ4n) is 8.96. The molecule has 0 saturated heterocycles. The van der Waals surface area contributed by atoms with Gasteiger partial charge in [0.1, 0.15) is 25.4 Å². The van der Waals surface area contributed by atoms with Crippen molar-refractivity contribution in [1.82, 2.24) is 0 Å². The van der Waals surface area contributed by atoms with Gasteiger partial charge in [0.15, 0.2) is 6.10 Å². The van der Waals surface area contributed by atoms with Crippen molar-refractivity contribution in [1.29, 1.82) is 0 Å². The Morgan fingerprint density at radius 2 is 0.570 bits per heavy atom. The zero-order valence-corrected chi connectivity index (χ0v) is 59.4. The highest BCUT2D eigenvalue weighted by Crippen LogP contribution is 2.45. The van der Waals surface area contributed by atoms with Crippen molar-refractivity contribution in [2.24, 2.45) is 0 Å². The Labute approximate surface area is 563 Å². The lowest BCUT2D eigenvalue weighted by Gasteiger charge is -2.21. The van der Waals surface area contributed by atoms with Gasteiger partial charge in [-0.05, 0) is 128 Å². The lowest BCUT2D eigenvalue weighted by molar-refractivity contribution is -0.161. The smallest absolute Gasteiger partial charge is 0.463 e. The van der Waals surface area contributed by atoms with E-state index in [4.69, 9.17) is 32.3 Å². The highest BCUT2D eigenvalue weighted by molar-refractivity contribution is 7.47. The number of phosphoric acid groups is 2. The normalized spacial score (nSPS) is 15.0. The number of phosphoric ester groups is 2. The zero-order valence-electron chi connectivity index (χ0n) is 57.6. The summed E-state index contributed by atoms with van der Waals surface area (Å²) < 4.78 is 60.9. The van der Waals surface area contributed by atoms with Gasteiger partial charge < -0.3 is 34.2 Å². The van der Waals surface area contributed by atoms with Gasteiger partial charge in [-0.1, -0.05) is 251 Å². The molecule has 0 aliphatic rings. The van der Waals surface area contributed by atoms with E-state index in [0.717, 1.165) is 173 Å². The highest BCUT2D eigenvalue weighted by Gasteiger charge is 2.29. The molecule has 0 amide bonds. The number of aliphatic hydroxyl groups excluding tert-OH is 2. The monoisotopic (exact) mass is 1340 g/mol. The van der Waals surface area contributed by atoms with Crippen molar-refractivity contribution in [2.75, 3.05) is 39.6 Å². The van der Waals surface area contributed by atoms with Crippen LogP contribution < -0.4 is 0 Å². The van der Waals surface area contributed by atoms with Gasteiger partial charge in [-0.3, -0.25) is 32.5 Å². The summed E-state index contributed by atoms with van der Waals surface area (Å²) in [6, 6.07) is 0. The molecule has 0 radical (unpaired) electrons. The molecule has 0 aliphatic carbocycles. The summed E-state index contributed by atoms with van der Waals surface area (Å²) in [4.78, 5) is 58.4. The van der Waals surface area contributed by atoms with Crippen LogP contribution in [-0.2, 0) is 55.8 Å². The summed E-state index contributed by atoms with van der Waals surface area (Å²) in [6.45, 7) is 2.35. The van der Waals surface area contributed by atoms with Gasteiger partial charge in [-0.25, -0.2) is 9.13 Å². The highest BCUT2D eigenvalue weighted by atomic mass is 31.2. The third-order valence-electron chi connectivity index (χ3n) is 14.3. The van der Waals surface area contributed by atoms with Gasteiger partial charge in [-0.15, -0.1) is 0 Å². The van der Waals surface area contributed by atoms with Gasteiger partial charge in [-0.2, -0.15) is 0 Å². The van der Waals surface area contributed by atoms with Crippen LogP contribution >= 0.6 is 15.6 Å². The van der Waals surface area contributed by atoms with E-state index in [1.54, 1.807) is 0 Å². The summed E-state index contributed by atoms with van der Waals surface area (Å²) in [5, 5.41) is 20.6. The number of hydrogen-bond acceptors (Lipinski definition) is 14. The second-order valence-corrected chi connectivity index (χ2v) is 26.2. The molecular weight excluding hydrogens is 1220 g/mol. The van der Waals surface area contributed by atoms with E-state index in [1.165, 1.54) is 32.1 Å². The topological polar surface area (TPSA) is 231 Å². The molecule has 0 rings (SSSR count). The van der Waals surface area contributed by atoms with E-state index in [-0.39, 0.29) is 19.3 Å². The second-order valence-electron chi connectivity index (χ2n) is 23.3. The largest absolute Gasteiger partial charge is 0.472 e. The van der Waals surface area contributed by atoms with Crippen LogP contribution in [0.25, 0.3) is 0 Å². The molecule has 4 N–H and O–H groups in total. The summed E-state index contributed by atoms with van der Waals surface area (Å²) in [7, 11) is -9.79. The van der Waals surface area contributed by atoms with Crippen molar-refractivity contribution in [3.8, 4) is 0 Å². The maximum Gasteiger partial charge on any atom is 0.472 e. The molecule has 0 aromatic rings. The Hall–Kier alpha value is -4.31. The standard InChI is InChI=1S/C75H126O16P2/c1-4-7-10-13-16-19-22-24-26-28-30-31-32-33-34-35-36-37-39-41-42-44-47-49-52-55-58-61-73(78)85-64-70(76)65-87-92(81,82)88-66-71(77)67-89-93(83,84)90-69-72(91-75(80)63-60-57-54-51-46-21-18-15-12-9-6-3)68-86-74(79)62-59-56-53-50-48-45-43-40-38-29-27-25-23-20-17-14-11-8-5-2/h7-8,10-11,15-20,24-27,30-31,33-34,36-38,40,70-72,76-77H,4-6,9,12-14,21-23,28-29,32,35,39,41-69H2,1-3H3,(H,81,82)(H,83,84)/b10-7-,11-8-,18-15-,19-16-,20-17-,26-24-,27-25-,31-30-,34-33-,37-36-,40-38-. The molecule has 0 aromatic heterocycles. The number of carbonyl (C=O) groups excluding carboxylic acids is 3. The molecule has 5 unspecified atom stereocenters. The average molecular weight is 1350 g/mol. The predicted molar refractivity (Wildman–Crippen MR) is 380 cm³/mol. The molecule has 0 spiro atoms. The van der Waals surface area contributed by atoms with Crippen LogP contribution in [0, 0.1) is 0 Å². The predicted octanol–water partition coefficient (Wildman–Crippen LogP) is 20.0. The number of esters is 3. The number of unbranched alkanes of at least 4 members (excludes halogenated alkanes) is 21. The van der Waals surface area contributed by atoms with Crippen LogP contribution in [0.1, 0.15) is 265 Å². The Morgan fingerprint density at radius 3 is 0.914 bits per heavy atom. The molecule has 5 atom stereocenters. The van der Waals surface area contributed by atoms with E-state index >= 15 is 0 Å². The van der Waals surface area contributed by atoms with Crippen molar-refractivity contribution in [3.63, 3.8) is 0 Å². The van der Waals surface area contributed by atoms with Crippen molar-refractivity contribution < 1.29 is 75.8 Å². The molecule has 0 fully saturated rings. The maximum absolute atomic E-state index is 12.9. The maximum atomic E-state index is 12.9. The second kappa shape index (κ2) is 67.7. The quantitative estimate of drug-likeness (QED) is 0.0146. The summed E-state index contributed by atoms with van der Waals surface area (Å²) in [6.07, 6.45) is 79.4. The molecule has 93 heavy (non-hydrogen) atoms. The fourth-order valence-corrected chi connectivity index (χ4v) is 10.5. The van der Waals surface area contributed by atoms with Crippen molar-refractivity contribution in [2.45, 2.75) is 283 Å². The number of allylic oxidation sites excluding steroid dienone is 22. The summed E-state index contributed by atoms with van der Waals surface area (Å²) in [5.41, 5.74) is 0. The Morgan fingerprint density at radius 1 is 0.312 bits per heavy atom. The van der Waals surface area contributed by atoms with Crippen LogP contribution in [0.2, 0.25) is 0 Å². The van der Waals surface area contributed by atoms with Crippen LogP contribution in [0.4, 0.5) is 0 Å². The van der Waals surface area contributed by atoms with E-state index < -0.39 is 91.5 Å². The number of rotatable bonds is 66. The third kappa shape index (κ3) is 68.9. The number of carbonyl (C=O) groups is 3. The van der Waals surface area contributed by atoms with Crippen molar-refractivity contribution in [3.05, 3.63) is 134 Å². The fraction of sp³-hybridized carbons (Fsp3) is 0.667. The van der Waals surface area contributed by atoms with E-state index in [1.807, 2.05) is 0 Å². The number of aliphatic hydroxyl groups is 2. The van der Waals surface area contributed by atoms with Gasteiger partial charge >= 0.3 is 33.6 Å². The Kier molecular flexibility index (Phi) is 64.5. The van der Waals surface area contributed by atoms with Crippen LogP contribution in [0.3, 0.4) is 0 Å². The van der Waals surface area contributed by atoms with E-state index in [0.29, 0.717) is 19.3 Å². The SMILES string of the molecule is CC/C=C\C/C=C\C/C=C\C/C=C\C/C=C\C/C=C\CCCCCCCCCCC(=O)OCC(O)COP(=O)(O)OCC(O)COP(=O)(O)OCC(COC(=O)CCCCCCCC/C=C\C/C=C\C/C=C\C/C=C\CC)OC(=O)CCCCCCC/C=C\CCCC. The molecule has 0 bridgehead atoms. The molecule has 0 aliphatic heterocycles. The zero-order chi connectivity index (χ0) is 68.1. The molecule has 0 saturated carbocycles. The molecule has 0 aromatic carbocycles. The van der Waals surface area contributed by atoms with Crippen LogP contribution in [0.15, 0.2) is 134 Å². The molecule has 16 nitrogen and oxygen atoms in total. The summed E-state index contributed by atoms with van der Waals surface area (Å²) in [5.74, 6) is -1.61.